The van der Waals surface area contributed by atoms with Crippen LogP contribution in [0, 0.1) is 11.6 Å². The van der Waals surface area contributed by atoms with Crippen molar-refractivity contribution in [3.8, 4) is 56.7 Å². The number of carbonyl (C=O) groups excluding carboxylic acids is 6. The number of piperazine rings is 1. The summed E-state index contributed by atoms with van der Waals surface area (Å²) < 4.78 is 29.0. The summed E-state index contributed by atoms with van der Waals surface area (Å²) in [5, 5.41) is 74.4. The quantitative estimate of drug-likeness (QED) is 0.0337. The number of rotatable bonds is 20. The minimum Gasteiger partial charge on any atom is -0.508 e. The molecule has 0 saturated carbocycles. The molecular formula is C118H114F2N14O14. The number of nitrogens with one attached hydrogen (secondary N) is 6. The predicted molar refractivity (Wildman–Crippen MR) is 569 cm³/mol. The summed E-state index contributed by atoms with van der Waals surface area (Å²) in [6, 6.07) is 76.9. The van der Waals surface area contributed by atoms with Gasteiger partial charge in [-0.15, -0.1) is 0 Å². The van der Waals surface area contributed by atoms with Crippen LogP contribution in [0.1, 0.15) is 164 Å². The summed E-state index contributed by atoms with van der Waals surface area (Å²) in [6.07, 6.45) is 11.1. The van der Waals surface area contributed by atoms with E-state index >= 15 is 0 Å². The van der Waals surface area contributed by atoms with Crippen LogP contribution in [0.4, 0.5) is 8.78 Å². The van der Waals surface area contributed by atoms with Crippen molar-refractivity contribution in [1.29, 1.82) is 0 Å². The van der Waals surface area contributed by atoms with Gasteiger partial charge in [0.25, 0.3) is 28.8 Å². The van der Waals surface area contributed by atoms with E-state index in [4.69, 9.17) is 21.1 Å². The molecule has 0 spiro atoms. The van der Waals surface area contributed by atoms with Crippen LogP contribution in [-0.4, -0.2) is 222 Å². The Labute approximate surface area is 850 Å². The molecular weight excluding hydrogens is 1880 g/mol. The molecule has 18 aromatic rings. The predicted octanol–water partition coefficient (Wildman–Crippen LogP) is 17.5. The van der Waals surface area contributed by atoms with Gasteiger partial charge >= 0.3 is 0 Å². The maximum Gasteiger partial charge on any atom is 0.272 e. The number of primary amides is 1. The number of nitrogens with two attached hydrogens (primary N) is 1. The zero-order valence-electron chi connectivity index (χ0n) is 81.7. The molecule has 8 heterocycles. The maximum atomic E-state index is 14.6. The number of phenols is 2. The standard InChI is InChI=1S/C23H25FN4O3.C22H23FN4O3.C21H21NO2.C20H19NO2.C18H15NO2.C14H11N3O2/c24-20-7-6-16(15-21-17-4-1-2-5-18(17)22(30)26-25-21)14-19(20)23(31)28-9-3-8-27(10-11-28)12-13-29;23-19-6-5-15(14-20-16-3-1-2-4-17(16)21(29)25-24-20)13-18(19)22(30)27-9-7-26(8-10-27)11-12-28;23-13-5-7-14-6-1-2-8-15(14)21-17-10-4-12-19(24)16-9-3-11-18(22-21)20(16)17;22-11-10-13-4-1-5-14(12-13)20-16-7-3-9-18(23)15-6-2-8-17(21-20)19(15)16;20-12-9-7-11(8-10-12)18-14-4-2-6-16(21)13-3-1-5-15(19-18)17(13)14;15-13(19)10-2-1-3-11-12(10)17-14(16-11)8-4-6-9(18)7-5-8/h1-2,4-7,14,29H,3,8-13,15H2,(H,26,30);1-6,13,28H,7-12,14H2,(H,25,29);1-3,6,8-9,11,22-23H,4-5,7,10,12-13H2;1-2,4-6,8,12,21-22H,3,7,9-11H2;1,3,5,7-10,19-20H,2,4,6H2;1-7,18H,(H2,15,19)(H,16,17). The Morgan fingerprint density at radius 2 is 0.804 bits per heavy atom. The summed E-state index contributed by atoms with van der Waals surface area (Å²) in [5.41, 5.74) is 28.6. The van der Waals surface area contributed by atoms with Gasteiger partial charge in [0.1, 0.15) is 34.5 Å². The summed E-state index contributed by atoms with van der Waals surface area (Å²) in [6.45, 7) is 6.47. The minimum atomic E-state index is -0.555. The lowest BCUT2D eigenvalue weighted by molar-refractivity contribution is 0.0609. The van der Waals surface area contributed by atoms with E-state index in [2.05, 4.69) is 91.5 Å². The van der Waals surface area contributed by atoms with Crippen molar-refractivity contribution in [2.24, 2.45) is 5.73 Å². The number of aliphatic hydroxyl groups excluding tert-OH is 4. The van der Waals surface area contributed by atoms with Gasteiger partial charge in [0.2, 0.25) is 0 Å². The molecule has 148 heavy (non-hydrogen) atoms. The third-order valence-electron chi connectivity index (χ3n) is 27.9. The molecule has 2 fully saturated rings. The molecule has 3 amide bonds. The molecule has 12 aromatic carbocycles. The van der Waals surface area contributed by atoms with Crippen LogP contribution in [0.5, 0.6) is 11.5 Å². The number of phenolic OH excluding ortho intramolecular Hbond substituents is 2. The van der Waals surface area contributed by atoms with Crippen molar-refractivity contribution in [3.05, 3.63) is 371 Å². The first-order chi connectivity index (χ1) is 72.1. The average Bonchev–Trinajstić information content (AvgIpc) is 1.58. The first kappa shape index (κ1) is 102. The number of aryl methyl sites for hydroxylation is 4. The Bertz CT molecular complexity index is 8100. The summed E-state index contributed by atoms with van der Waals surface area (Å²) >= 11 is 0. The number of aromatic amines is 6. The molecule has 0 unspecified atom stereocenters. The second-order valence-corrected chi connectivity index (χ2v) is 37.5. The highest BCUT2D eigenvalue weighted by Crippen LogP contribution is 2.42. The molecule has 3 aliphatic carbocycles. The highest BCUT2D eigenvalue weighted by molar-refractivity contribution is 6.14. The van der Waals surface area contributed by atoms with Crippen molar-refractivity contribution in [2.45, 2.75) is 96.3 Å². The molecule has 0 atom stereocenters. The molecule has 5 aliphatic rings. The van der Waals surface area contributed by atoms with E-state index in [9.17, 15) is 62.5 Å². The summed E-state index contributed by atoms with van der Waals surface area (Å²) in [5.74, 6) is -0.470. The first-order valence-corrected chi connectivity index (χ1v) is 50.1. The monoisotopic (exact) mass is 1990 g/mol. The summed E-state index contributed by atoms with van der Waals surface area (Å²) in [4.78, 5) is 124. The van der Waals surface area contributed by atoms with E-state index in [1.807, 2.05) is 109 Å². The molecule has 2 saturated heterocycles. The number of β-amino-alcohol motifs (C(OH)–C–C–N with tert-alkyl or cyclic N) is 2. The molecule has 6 aromatic heterocycles. The number of aliphatic hydroxyl groups is 4. The van der Waals surface area contributed by atoms with E-state index < -0.39 is 17.5 Å². The number of nitrogens with zero attached hydrogens (tertiary/aromatic N) is 7. The number of ketones is 3. The van der Waals surface area contributed by atoms with Gasteiger partial charge in [-0.3, -0.25) is 48.2 Å². The molecule has 30 heteroatoms. The van der Waals surface area contributed by atoms with Crippen molar-refractivity contribution >= 4 is 100 Å². The molecule has 14 N–H and O–H groups in total. The van der Waals surface area contributed by atoms with Gasteiger partial charge < -0.3 is 66.1 Å². The Kier molecular flexibility index (Phi) is 32.2. The fraction of sp³-hybridized carbons (Fsp3) is 0.246. The fourth-order valence-corrected chi connectivity index (χ4v) is 20.6. The second-order valence-electron chi connectivity index (χ2n) is 37.5. The Balaban J connectivity index is 0.000000117. The number of aromatic hydroxyl groups is 2. The number of fused-ring (bicyclic) bond motifs is 3. The lowest BCUT2D eigenvalue weighted by Crippen LogP contribution is -2.49. The lowest BCUT2D eigenvalue weighted by atomic mass is 9.95. The number of hydrogen-bond donors (Lipinski definition) is 13. The van der Waals surface area contributed by atoms with E-state index in [0.717, 1.165) is 180 Å². The van der Waals surface area contributed by atoms with Gasteiger partial charge in [-0.25, -0.2) is 24.0 Å². The SMILES string of the molecule is NC(=O)c1cccc2[nH]c(-c3ccc(O)cc3)nc12.O=C(c1cc(Cc2n[nH]c(=O)c3ccccc23)ccc1F)N1CCCN(CCO)CC1.O=C(c1cc(Cc2n[nH]c(=O)c3ccccc23)ccc1F)N1CCN(CCO)CC1.O=C1CCCc2c(-c3ccc(O)cc3)[nH]c3cccc1c23.O=C1CCCc2c(-c3cccc(CCO)c3)[nH]c3cccc1c23.O=C1CCCc2c(-c3ccccc3CCCO)[nH]c3cccc1c23. The van der Waals surface area contributed by atoms with Crippen LogP contribution < -0.4 is 16.9 Å². The number of para-hydroxylation sites is 1. The number of Topliss-reactive ketones (excluding diaryl/α,β-unsaturated/α-hetero) is 3. The Morgan fingerprint density at radius 3 is 1.30 bits per heavy atom. The number of H-pyrrole nitrogens is 6. The first-order valence-electron chi connectivity index (χ1n) is 50.1. The molecule has 2 aliphatic heterocycles. The highest BCUT2D eigenvalue weighted by Gasteiger charge is 2.31. The van der Waals surface area contributed by atoms with Gasteiger partial charge in [-0.1, -0.05) is 133 Å². The van der Waals surface area contributed by atoms with Crippen LogP contribution in [0.25, 0.3) is 110 Å². The zero-order chi connectivity index (χ0) is 103. The normalized spacial score (nSPS) is 14.1. The molecule has 754 valence electrons. The third kappa shape index (κ3) is 22.8. The topological polar surface area (TPSA) is 430 Å². The van der Waals surface area contributed by atoms with Crippen molar-refractivity contribution in [1.82, 2.24) is 64.9 Å². The number of halogens is 2. The van der Waals surface area contributed by atoms with Gasteiger partial charge in [0, 0.05) is 193 Å². The molecule has 0 bridgehead atoms. The van der Waals surface area contributed by atoms with E-state index in [-0.39, 0.29) is 89.3 Å². The van der Waals surface area contributed by atoms with Crippen LogP contribution in [0.3, 0.4) is 0 Å². The Morgan fingerprint density at radius 1 is 0.365 bits per heavy atom. The van der Waals surface area contributed by atoms with Crippen LogP contribution in [0.2, 0.25) is 0 Å². The van der Waals surface area contributed by atoms with Crippen LogP contribution >= 0.6 is 0 Å². The zero-order valence-corrected chi connectivity index (χ0v) is 81.7. The minimum absolute atomic E-state index is 0.0387. The number of amides is 3. The van der Waals surface area contributed by atoms with Gasteiger partial charge in [-0.2, -0.15) is 10.2 Å². The van der Waals surface area contributed by atoms with Crippen LogP contribution in [0.15, 0.2) is 264 Å². The average molecular weight is 1990 g/mol. The van der Waals surface area contributed by atoms with E-state index in [1.54, 1.807) is 107 Å². The maximum absolute atomic E-state index is 14.6. The summed E-state index contributed by atoms with van der Waals surface area (Å²) in [7, 11) is 0. The number of benzene rings is 12. The molecule has 0 radical (unpaired) electrons. The van der Waals surface area contributed by atoms with Crippen LogP contribution in [-0.2, 0) is 44.9 Å². The van der Waals surface area contributed by atoms with Gasteiger partial charge in [0.05, 0.1) is 57.6 Å². The van der Waals surface area contributed by atoms with E-state index in [1.165, 1.54) is 39.9 Å². The number of carbonyl (C=O) groups is 6. The largest absolute Gasteiger partial charge is 0.508 e. The van der Waals surface area contributed by atoms with E-state index in [0.29, 0.717) is 136 Å². The highest BCUT2D eigenvalue weighted by atomic mass is 19.1. The number of hydrogen-bond acceptors (Lipinski definition) is 19. The number of aromatic nitrogens is 9. The molecule has 23 rings (SSSR count). The Hall–Kier alpha value is -16.4. The smallest absolute Gasteiger partial charge is 0.272 e. The molecule has 28 nitrogen and oxygen atoms in total. The lowest BCUT2D eigenvalue weighted by Gasteiger charge is -2.34. The second kappa shape index (κ2) is 46.8. The fourth-order valence-electron chi connectivity index (χ4n) is 20.6. The number of imidazole rings is 1. The van der Waals surface area contributed by atoms with Crippen molar-refractivity contribution in [2.75, 3.05) is 91.9 Å². The van der Waals surface area contributed by atoms with Crippen molar-refractivity contribution < 1.29 is 68.2 Å². The van der Waals surface area contributed by atoms with Crippen molar-refractivity contribution in [3.63, 3.8) is 0 Å². The third-order valence-corrected chi connectivity index (χ3v) is 27.9. The van der Waals surface area contributed by atoms with Gasteiger partial charge in [0.15, 0.2) is 17.3 Å². The van der Waals surface area contributed by atoms with Gasteiger partial charge in [-0.05, 0) is 242 Å².